The Labute approximate surface area is 186 Å². The van der Waals surface area contributed by atoms with Crippen LogP contribution in [0.3, 0.4) is 0 Å². The number of hydrogen-bond acceptors (Lipinski definition) is 3. The van der Waals surface area contributed by atoms with Crippen molar-refractivity contribution in [3.05, 3.63) is 94.3 Å². The predicted molar refractivity (Wildman–Crippen MR) is 126 cm³/mol. The first-order chi connectivity index (χ1) is 15.3. The van der Waals surface area contributed by atoms with Crippen molar-refractivity contribution in [3.63, 3.8) is 0 Å². The number of thiophene rings is 1. The highest BCUT2D eigenvalue weighted by Gasteiger charge is 2.26. The van der Waals surface area contributed by atoms with E-state index in [4.69, 9.17) is 4.74 Å². The molecule has 4 aromatic rings. The topological polar surface area (TPSA) is 34.5 Å². The SMILES string of the molecule is O=C(CC(c1cccs1)c1cn(Cc2ccccc2)c2ccccc12)N1CCOCC1. The number of ether oxygens (including phenoxy) is 1. The maximum Gasteiger partial charge on any atom is 0.223 e. The van der Waals surface area contributed by atoms with Crippen molar-refractivity contribution in [1.29, 1.82) is 0 Å². The number of nitrogens with zero attached hydrogens (tertiary/aromatic N) is 2. The molecule has 0 saturated carbocycles. The molecule has 158 valence electrons. The lowest BCUT2D eigenvalue weighted by Crippen LogP contribution is -2.41. The molecular weight excluding hydrogens is 404 g/mol. The zero-order valence-electron chi connectivity index (χ0n) is 17.4. The van der Waals surface area contributed by atoms with E-state index < -0.39 is 0 Å². The second kappa shape index (κ2) is 9.08. The van der Waals surface area contributed by atoms with Crippen LogP contribution in [0.4, 0.5) is 0 Å². The monoisotopic (exact) mass is 430 g/mol. The van der Waals surface area contributed by atoms with Gasteiger partial charge in [0.05, 0.1) is 13.2 Å². The molecule has 1 aliphatic heterocycles. The Kier molecular flexibility index (Phi) is 5.87. The summed E-state index contributed by atoms with van der Waals surface area (Å²) < 4.78 is 7.75. The Hall–Kier alpha value is -2.89. The van der Waals surface area contributed by atoms with Gasteiger partial charge in [-0.3, -0.25) is 4.79 Å². The quantitative estimate of drug-likeness (QED) is 0.425. The van der Waals surface area contributed by atoms with E-state index >= 15 is 0 Å². The normalized spacial score (nSPS) is 15.3. The molecule has 5 heteroatoms. The van der Waals surface area contributed by atoms with Gasteiger partial charge in [0, 0.05) is 53.9 Å². The lowest BCUT2D eigenvalue weighted by molar-refractivity contribution is -0.135. The van der Waals surface area contributed by atoms with E-state index in [-0.39, 0.29) is 11.8 Å². The summed E-state index contributed by atoms with van der Waals surface area (Å²) in [6.45, 7) is 3.45. The highest BCUT2D eigenvalue weighted by Crippen LogP contribution is 2.37. The van der Waals surface area contributed by atoms with Crippen molar-refractivity contribution in [2.45, 2.75) is 18.9 Å². The molecular formula is C26H26N2O2S. The van der Waals surface area contributed by atoms with Gasteiger partial charge in [-0.2, -0.15) is 0 Å². The molecule has 0 aliphatic carbocycles. The first kappa shape index (κ1) is 20.0. The minimum absolute atomic E-state index is 0.0530. The summed E-state index contributed by atoms with van der Waals surface area (Å²) in [6, 6.07) is 23.3. The number of amides is 1. The molecule has 0 N–H and O–H groups in total. The Morgan fingerprint density at radius 2 is 1.74 bits per heavy atom. The molecule has 31 heavy (non-hydrogen) atoms. The van der Waals surface area contributed by atoms with Crippen LogP contribution >= 0.6 is 11.3 Å². The lowest BCUT2D eigenvalue weighted by atomic mass is 9.93. The molecule has 0 radical (unpaired) electrons. The fourth-order valence-corrected chi connectivity index (χ4v) is 5.28. The Morgan fingerprint density at radius 1 is 0.968 bits per heavy atom. The zero-order valence-corrected chi connectivity index (χ0v) is 18.3. The predicted octanol–water partition coefficient (Wildman–Crippen LogP) is 5.13. The number of fused-ring (bicyclic) bond motifs is 1. The molecule has 1 atom stereocenters. The Morgan fingerprint density at radius 3 is 2.52 bits per heavy atom. The molecule has 1 saturated heterocycles. The van der Waals surface area contributed by atoms with Gasteiger partial charge in [0.25, 0.3) is 0 Å². The van der Waals surface area contributed by atoms with Crippen molar-refractivity contribution in [3.8, 4) is 0 Å². The van der Waals surface area contributed by atoms with Gasteiger partial charge < -0.3 is 14.2 Å². The first-order valence-corrected chi connectivity index (χ1v) is 11.7. The van der Waals surface area contributed by atoms with Crippen molar-refractivity contribution < 1.29 is 9.53 Å². The molecule has 2 aromatic heterocycles. The average molecular weight is 431 g/mol. The molecule has 1 unspecified atom stereocenters. The van der Waals surface area contributed by atoms with Gasteiger partial charge in [-0.25, -0.2) is 0 Å². The number of carbonyl (C=O) groups is 1. The maximum absolute atomic E-state index is 13.2. The van der Waals surface area contributed by atoms with Gasteiger partial charge >= 0.3 is 0 Å². The number of para-hydroxylation sites is 1. The second-order valence-electron chi connectivity index (χ2n) is 7.98. The summed E-state index contributed by atoms with van der Waals surface area (Å²) in [4.78, 5) is 16.4. The summed E-state index contributed by atoms with van der Waals surface area (Å²) >= 11 is 1.73. The van der Waals surface area contributed by atoms with Crippen LogP contribution in [-0.4, -0.2) is 41.7 Å². The summed E-state index contributed by atoms with van der Waals surface area (Å²) in [5.74, 6) is 0.263. The third-order valence-electron chi connectivity index (χ3n) is 6.02. The number of morpholine rings is 1. The zero-order chi connectivity index (χ0) is 21.0. The number of rotatable bonds is 6. The largest absolute Gasteiger partial charge is 0.378 e. The molecule has 3 heterocycles. The minimum Gasteiger partial charge on any atom is -0.378 e. The van der Waals surface area contributed by atoms with Gasteiger partial charge in [0.15, 0.2) is 0 Å². The standard InChI is InChI=1S/C26H26N2O2S/c29-26(27-12-14-30-15-13-27)17-22(25-11-6-16-31-25)23-19-28(18-20-7-2-1-3-8-20)24-10-5-4-9-21(23)24/h1-11,16,19,22H,12-15,17-18H2. The first-order valence-electron chi connectivity index (χ1n) is 10.8. The third kappa shape index (κ3) is 4.29. The Bertz CT molecular complexity index is 1140. The van der Waals surface area contributed by atoms with Crippen LogP contribution < -0.4 is 0 Å². The van der Waals surface area contributed by atoms with Crippen LogP contribution in [-0.2, 0) is 16.1 Å². The summed E-state index contributed by atoms with van der Waals surface area (Å²) in [5, 5.41) is 3.33. The Balaban J connectivity index is 1.53. The van der Waals surface area contributed by atoms with Crippen molar-refractivity contribution in [1.82, 2.24) is 9.47 Å². The number of hydrogen-bond donors (Lipinski definition) is 0. The van der Waals surface area contributed by atoms with Crippen LogP contribution in [0.1, 0.15) is 28.3 Å². The van der Waals surface area contributed by atoms with Crippen LogP contribution in [0.25, 0.3) is 10.9 Å². The van der Waals surface area contributed by atoms with Gasteiger partial charge in [-0.1, -0.05) is 54.6 Å². The highest BCUT2D eigenvalue weighted by atomic mass is 32.1. The summed E-state index contributed by atoms with van der Waals surface area (Å²) in [6.07, 6.45) is 2.74. The summed E-state index contributed by atoms with van der Waals surface area (Å²) in [7, 11) is 0. The second-order valence-corrected chi connectivity index (χ2v) is 8.96. The number of benzene rings is 2. The van der Waals surface area contributed by atoms with Crippen LogP contribution in [0.2, 0.25) is 0 Å². The molecule has 5 rings (SSSR count). The van der Waals surface area contributed by atoms with E-state index in [1.54, 1.807) is 11.3 Å². The van der Waals surface area contributed by atoms with Gasteiger partial charge in [0.2, 0.25) is 5.91 Å². The fourth-order valence-electron chi connectivity index (χ4n) is 4.43. The van der Waals surface area contributed by atoms with E-state index in [1.165, 1.54) is 26.9 Å². The van der Waals surface area contributed by atoms with Crippen LogP contribution in [0, 0.1) is 0 Å². The maximum atomic E-state index is 13.2. The van der Waals surface area contributed by atoms with Crippen LogP contribution in [0.15, 0.2) is 78.3 Å². The number of carbonyl (C=O) groups excluding carboxylic acids is 1. The molecule has 1 amide bonds. The van der Waals surface area contributed by atoms with Crippen molar-refractivity contribution >= 4 is 28.1 Å². The van der Waals surface area contributed by atoms with E-state index in [1.807, 2.05) is 11.0 Å². The fraction of sp³-hybridized carbons (Fsp3) is 0.269. The van der Waals surface area contributed by atoms with E-state index in [2.05, 4.69) is 76.8 Å². The minimum atomic E-state index is 0.0530. The highest BCUT2D eigenvalue weighted by molar-refractivity contribution is 7.10. The number of aromatic nitrogens is 1. The molecule has 2 aromatic carbocycles. The van der Waals surface area contributed by atoms with Gasteiger partial charge in [-0.15, -0.1) is 11.3 Å². The lowest BCUT2D eigenvalue weighted by Gasteiger charge is -2.28. The van der Waals surface area contributed by atoms with Gasteiger partial charge in [-0.05, 0) is 28.6 Å². The van der Waals surface area contributed by atoms with E-state index in [9.17, 15) is 4.79 Å². The average Bonchev–Trinajstić information content (AvgIpc) is 3.48. The van der Waals surface area contributed by atoms with Crippen LogP contribution in [0.5, 0.6) is 0 Å². The van der Waals surface area contributed by atoms with Crippen molar-refractivity contribution in [2.24, 2.45) is 0 Å². The van der Waals surface area contributed by atoms with Crippen molar-refractivity contribution in [2.75, 3.05) is 26.3 Å². The van der Waals surface area contributed by atoms with E-state index in [0.717, 1.165) is 6.54 Å². The third-order valence-corrected chi connectivity index (χ3v) is 7.01. The molecule has 1 aliphatic rings. The molecule has 1 fully saturated rings. The molecule has 0 spiro atoms. The summed E-state index contributed by atoms with van der Waals surface area (Å²) in [5.41, 5.74) is 3.71. The molecule has 0 bridgehead atoms. The van der Waals surface area contributed by atoms with Gasteiger partial charge in [0.1, 0.15) is 0 Å². The van der Waals surface area contributed by atoms with E-state index in [0.29, 0.717) is 32.7 Å². The molecule has 4 nitrogen and oxygen atoms in total. The smallest absolute Gasteiger partial charge is 0.223 e.